The molecule has 3 heterocycles. The van der Waals surface area contributed by atoms with Gasteiger partial charge in [0.2, 0.25) is 0 Å². The fourth-order valence-electron chi connectivity index (χ4n) is 3.54. The quantitative estimate of drug-likeness (QED) is 0.778. The molecule has 1 aromatic carbocycles. The highest BCUT2D eigenvalue weighted by molar-refractivity contribution is 5.94. The molecule has 6 nitrogen and oxygen atoms in total. The van der Waals surface area contributed by atoms with Gasteiger partial charge in [-0.3, -0.25) is 9.89 Å². The lowest BCUT2D eigenvalue weighted by atomic mass is 9.98. The lowest BCUT2D eigenvalue weighted by Gasteiger charge is -2.24. The van der Waals surface area contributed by atoms with Crippen LogP contribution < -0.4 is 10.6 Å². The molecule has 2 atom stereocenters. The molecule has 3 N–H and O–H groups in total. The number of H-pyrrole nitrogens is 1. The number of aromatic amines is 1. The maximum absolute atomic E-state index is 12.8. The molecule has 2 aromatic rings. The van der Waals surface area contributed by atoms with Crippen LogP contribution in [0.2, 0.25) is 0 Å². The smallest absolute Gasteiger partial charge is 0.272 e. The summed E-state index contributed by atoms with van der Waals surface area (Å²) in [5, 5.41) is 13.7. The van der Waals surface area contributed by atoms with Crippen LogP contribution in [0, 0.1) is 0 Å². The molecule has 1 aromatic heterocycles. The van der Waals surface area contributed by atoms with E-state index in [1.54, 1.807) is 0 Å². The van der Waals surface area contributed by atoms with Gasteiger partial charge in [-0.25, -0.2) is 0 Å². The van der Waals surface area contributed by atoms with E-state index in [9.17, 15) is 4.79 Å². The molecule has 0 saturated carbocycles. The molecule has 2 aliphatic heterocycles. The Hall–Kier alpha value is -1.89. The number of aromatic nitrogens is 2. The van der Waals surface area contributed by atoms with Crippen LogP contribution in [0.4, 0.5) is 0 Å². The SMILES string of the molecule is Cl.O=C(NC(c1ccccc1)C1CCCO1)c1n[nH]c2c1CNCC2. The minimum Gasteiger partial charge on any atom is -0.376 e. The highest BCUT2D eigenvalue weighted by Gasteiger charge is 2.30. The number of amides is 1. The second-order valence-corrected chi connectivity index (χ2v) is 6.37. The predicted molar refractivity (Wildman–Crippen MR) is 96.9 cm³/mol. The average molecular weight is 363 g/mol. The van der Waals surface area contributed by atoms with Crippen LogP contribution in [-0.4, -0.2) is 35.4 Å². The van der Waals surface area contributed by atoms with Crippen molar-refractivity contribution in [1.29, 1.82) is 0 Å². The number of rotatable bonds is 4. The summed E-state index contributed by atoms with van der Waals surface area (Å²) in [5.74, 6) is -0.138. The summed E-state index contributed by atoms with van der Waals surface area (Å²) in [6.07, 6.45) is 2.89. The Bertz CT molecular complexity index is 713. The summed E-state index contributed by atoms with van der Waals surface area (Å²) in [4.78, 5) is 12.8. The number of hydrogen-bond donors (Lipinski definition) is 3. The molecule has 7 heteroatoms. The Balaban J connectivity index is 0.00000182. The van der Waals surface area contributed by atoms with E-state index in [0.29, 0.717) is 12.2 Å². The van der Waals surface area contributed by atoms with Gasteiger partial charge >= 0.3 is 0 Å². The van der Waals surface area contributed by atoms with Crippen molar-refractivity contribution in [2.45, 2.75) is 38.0 Å². The third kappa shape index (κ3) is 3.71. The summed E-state index contributed by atoms with van der Waals surface area (Å²) >= 11 is 0. The highest BCUT2D eigenvalue weighted by atomic mass is 35.5. The van der Waals surface area contributed by atoms with Crippen molar-refractivity contribution < 1.29 is 9.53 Å². The maximum Gasteiger partial charge on any atom is 0.272 e. The Kier molecular flexibility index (Phi) is 5.73. The normalized spacial score (nSPS) is 20.4. The first-order chi connectivity index (χ1) is 11.8. The third-order valence-electron chi connectivity index (χ3n) is 4.80. The van der Waals surface area contributed by atoms with Gasteiger partial charge in [-0.1, -0.05) is 30.3 Å². The number of halogens is 1. The number of ether oxygens (including phenoxy) is 1. The molecule has 2 aliphatic rings. The van der Waals surface area contributed by atoms with E-state index < -0.39 is 0 Å². The number of hydrogen-bond acceptors (Lipinski definition) is 4. The molecule has 1 saturated heterocycles. The summed E-state index contributed by atoms with van der Waals surface area (Å²) in [6, 6.07) is 9.88. The van der Waals surface area contributed by atoms with E-state index in [4.69, 9.17) is 4.74 Å². The second kappa shape index (κ2) is 7.99. The topological polar surface area (TPSA) is 79.0 Å². The molecule has 25 heavy (non-hydrogen) atoms. The van der Waals surface area contributed by atoms with Crippen molar-refractivity contribution in [1.82, 2.24) is 20.8 Å². The Morgan fingerprint density at radius 3 is 2.92 bits per heavy atom. The molecule has 4 rings (SSSR count). The van der Waals surface area contributed by atoms with Crippen molar-refractivity contribution in [3.8, 4) is 0 Å². The lowest BCUT2D eigenvalue weighted by molar-refractivity contribution is 0.0669. The van der Waals surface area contributed by atoms with Gasteiger partial charge in [0.1, 0.15) is 0 Å². The molecule has 0 spiro atoms. The van der Waals surface area contributed by atoms with E-state index in [2.05, 4.69) is 20.8 Å². The van der Waals surface area contributed by atoms with Crippen molar-refractivity contribution >= 4 is 18.3 Å². The van der Waals surface area contributed by atoms with Crippen molar-refractivity contribution in [3.63, 3.8) is 0 Å². The van der Waals surface area contributed by atoms with Crippen LogP contribution in [0.5, 0.6) is 0 Å². The zero-order chi connectivity index (χ0) is 16.4. The van der Waals surface area contributed by atoms with Gasteiger partial charge in [-0.2, -0.15) is 5.10 Å². The van der Waals surface area contributed by atoms with Crippen molar-refractivity contribution in [3.05, 3.63) is 52.8 Å². The number of carbonyl (C=O) groups is 1. The monoisotopic (exact) mass is 362 g/mol. The molecule has 134 valence electrons. The molecule has 1 fully saturated rings. The van der Waals surface area contributed by atoms with Crippen molar-refractivity contribution in [2.24, 2.45) is 0 Å². The van der Waals surface area contributed by atoms with Crippen molar-refractivity contribution in [2.75, 3.05) is 13.2 Å². The van der Waals surface area contributed by atoms with E-state index in [0.717, 1.165) is 49.2 Å². The molecule has 0 aliphatic carbocycles. The molecular formula is C18H23ClN4O2. The fourth-order valence-corrected chi connectivity index (χ4v) is 3.54. The predicted octanol–water partition coefficient (Wildman–Crippen LogP) is 2.13. The molecule has 1 amide bonds. The summed E-state index contributed by atoms with van der Waals surface area (Å²) in [5.41, 5.74) is 3.61. The van der Waals surface area contributed by atoms with Crippen LogP contribution in [0.25, 0.3) is 0 Å². The zero-order valence-corrected chi connectivity index (χ0v) is 14.8. The number of carbonyl (C=O) groups excluding carboxylic acids is 1. The number of nitrogens with zero attached hydrogens (tertiary/aromatic N) is 1. The molecule has 0 bridgehead atoms. The van der Waals surface area contributed by atoms with E-state index in [1.165, 1.54) is 0 Å². The maximum atomic E-state index is 12.8. The van der Waals surface area contributed by atoms with Gasteiger partial charge in [-0.05, 0) is 18.4 Å². The summed E-state index contributed by atoms with van der Waals surface area (Å²) in [6.45, 7) is 2.36. The third-order valence-corrected chi connectivity index (χ3v) is 4.80. The number of fused-ring (bicyclic) bond motifs is 1. The molecular weight excluding hydrogens is 340 g/mol. The van der Waals surface area contributed by atoms with E-state index >= 15 is 0 Å². The van der Waals surface area contributed by atoms with Gasteiger partial charge in [0, 0.05) is 37.4 Å². The van der Waals surface area contributed by atoms with Crippen LogP contribution in [0.1, 0.15) is 46.2 Å². The Morgan fingerprint density at radius 2 is 2.16 bits per heavy atom. The van der Waals surface area contributed by atoms with E-state index in [-0.39, 0.29) is 30.5 Å². The fraction of sp³-hybridized carbons (Fsp3) is 0.444. The number of nitrogens with one attached hydrogen (secondary N) is 3. The molecule has 0 radical (unpaired) electrons. The van der Waals surface area contributed by atoms with Crippen LogP contribution in [0.3, 0.4) is 0 Å². The molecule has 2 unspecified atom stereocenters. The van der Waals surface area contributed by atoms with Crippen LogP contribution in [-0.2, 0) is 17.7 Å². The second-order valence-electron chi connectivity index (χ2n) is 6.37. The van der Waals surface area contributed by atoms with E-state index in [1.807, 2.05) is 30.3 Å². The summed E-state index contributed by atoms with van der Waals surface area (Å²) < 4.78 is 5.85. The van der Waals surface area contributed by atoms with Gasteiger partial charge in [0.15, 0.2) is 5.69 Å². The Morgan fingerprint density at radius 1 is 1.32 bits per heavy atom. The number of benzene rings is 1. The van der Waals surface area contributed by atoms with Crippen LogP contribution in [0.15, 0.2) is 30.3 Å². The zero-order valence-electron chi connectivity index (χ0n) is 14.0. The largest absolute Gasteiger partial charge is 0.376 e. The highest BCUT2D eigenvalue weighted by Crippen LogP contribution is 2.27. The summed E-state index contributed by atoms with van der Waals surface area (Å²) in [7, 11) is 0. The first-order valence-electron chi connectivity index (χ1n) is 8.57. The van der Waals surface area contributed by atoms with Gasteiger partial charge in [0.05, 0.1) is 12.1 Å². The van der Waals surface area contributed by atoms with Crippen LogP contribution >= 0.6 is 12.4 Å². The van der Waals surface area contributed by atoms with Gasteiger partial charge in [-0.15, -0.1) is 12.4 Å². The Labute approximate surface area is 153 Å². The lowest BCUT2D eigenvalue weighted by Crippen LogP contribution is -2.37. The van der Waals surface area contributed by atoms with Gasteiger partial charge in [0.25, 0.3) is 5.91 Å². The van der Waals surface area contributed by atoms with Gasteiger partial charge < -0.3 is 15.4 Å². The minimum absolute atomic E-state index is 0. The average Bonchev–Trinajstić information content (AvgIpc) is 3.30. The first-order valence-corrected chi connectivity index (χ1v) is 8.57. The minimum atomic E-state index is -0.148. The standard InChI is InChI=1S/C18H22N4O2.ClH/c23-18(17-13-11-19-9-8-14(13)21-22-17)20-16(15-7-4-10-24-15)12-5-2-1-3-6-12;/h1-3,5-6,15-16,19H,4,7-11H2,(H,20,23)(H,21,22);1H. The first kappa shape index (κ1) is 17.9.